The molecule has 0 radical (unpaired) electrons. The van der Waals surface area contributed by atoms with E-state index in [1.165, 1.54) is 13.3 Å². The van der Waals surface area contributed by atoms with E-state index < -0.39 is 5.97 Å². The van der Waals surface area contributed by atoms with Gasteiger partial charge in [0.15, 0.2) is 5.75 Å². The highest BCUT2D eigenvalue weighted by molar-refractivity contribution is 5.88. The smallest absolute Gasteiger partial charge is 0.339 e. The molecule has 2 heterocycles. The van der Waals surface area contributed by atoms with Gasteiger partial charge in [0.05, 0.1) is 30.8 Å². The Hall–Kier alpha value is -2.37. The van der Waals surface area contributed by atoms with Gasteiger partial charge in [-0.1, -0.05) is 6.92 Å². The van der Waals surface area contributed by atoms with Gasteiger partial charge in [0.1, 0.15) is 6.61 Å². The van der Waals surface area contributed by atoms with E-state index in [9.17, 15) is 4.79 Å². The third-order valence-corrected chi connectivity index (χ3v) is 2.69. The minimum atomic E-state index is -0.397. The van der Waals surface area contributed by atoms with Crippen LogP contribution in [0, 0.1) is 0 Å². The Labute approximate surface area is 117 Å². The number of ether oxygens (including phenoxy) is 2. The van der Waals surface area contributed by atoms with E-state index in [-0.39, 0.29) is 0 Å². The Morgan fingerprint density at radius 1 is 1.35 bits per heavy atom. The molecule has 0 fully saturated rings. The van der Waals surface area contributed by atoms with Gasteiger partial charge in [0.25, 0.3) is 0 Å². The van der Waals surface area contributed by atoms with Crippen molar-refractivity contribution in [3.05, 3.63) is 42.0 Å². The molecule has 2 rings (SSSR count). The molecule has 0 atom stereocenters. The standard InChI is InChI=1S/C14H17N3O3/c1-3-6-17-9-13(8-16-17)20-10-12-5-4-11(7-15-12)14(18)19-2/h4-5,7-9H,3,6,10H2,1-2H3. The number of carbonyl (C=O) groups is 1. The molecular weight excluding hydrogens is 258 g/mol. The molecule has 0 aliphatic heterocycles. The topological polar surface area (TPSA) is 66.2 Å². The first kappa shape index (κ1) is 14.0. The number of carbonyl (C=O) groups excluding carboxylic acids is 1. The summed E-state index contributed by atoms with van der Waals surface area (Å²) in [6.45, 7) is 3.30. The SMILES string of the molecule is CCCn1cc(OCc2ccc(C(=O)OC)cn2)cn1. The van der Waals surface area contributed by atoms with E-state index >= 15 is 0 Å². The van der Waals surface area contributed by atoms with Crippen molar-refractivity contribution in [1.82, 2.24) is 14.8 Å². The van der Waals surface area contributed by atoms with Crippen molar-refractivity contribution < 1.29 is 14.3 Å². The number of methoxy groups -OCH3 is 1. The van der Waals surface area contributed by atoms with E-state index in [1.807, 2.05) is 10.9 Å². The second-order valence-corrected chi connectivity index (χ2v) is 4.26. The Balaban J connectivity index is 1.91. The molecule has 0 saturated carbocycles. The highest BCUT2D eigenvalue weighted by Gasteiger charge is 2.06. The van der Waals surface area contributed by atoms with Crippen molar-refractivity contribution >= 4 is 5.97 Å². The van der Waals surface area contributed by atoms with Crippen molar-refractivity contribution in [2.75, 3.05) is 7.11 Å². The number of hydrogen-bond acceptors (Lipinski definition) is 5. The number of aryl methyl sites for hydroxylation is 1. The van der Waals surface area contributed by atoms with Gasteiger partial charge in [-0.05, 0) is 18.6 Å². The average molecular weight is 275 g/mol. The normalized spacial score (nSPS) is 10.3. The summed E-state index contributed by atoms with van der Waals surface area (Å²) in [5.74, 6) is 0.308. The molecule has 2 aromatic heterocycles. The fourth-order valence-corrected chi connectivity index (χ4v) is 1.68. The second-order valence-electron chi connectivity index (χ2n) is 4.26. The molecule has 0 spiro atoms. The maximum absolute atomic E-state index is 11.3. The Bertz CT molecular complexity index is 563. The Kier molecular flexibility index (Phi) is 4.70. The van der Waals surface area contributed by atoms with Crippen LogP contribution in [0.3, 0.4) is 0 Å². The van der Waals surface area contributed by atoms with E-state index in [0.717, 1.165) is 18.7 Å². The highest BCUT2D eigenvalue weighted by atomic mass is 16.5. The van der Waals surface area contributed by atoms with E-state index in [4.69, 9.17) is 4.74 Å². The monoisotopic (exact) mass is 275 g/mol. The molecule has 0 N–H and O–H groups in total. The van der Waals surface area contributed by atoms with Crippen LogP contribution in [0.4, 0.5) is 0 Å². The maximum atomic E-state index is 11.3. The molecule has 106 valence electrons. The molecule has 20 heavy (non-hydrogen) atoms. The Morgan fingerprint density at radius 2 is 2.20 bits per heavy atom. The number of pyridine rings is 1. The summed E-state index contributed by atoms with van der Waals surface area (Å²) in [6, 6.07) is 3.40. The second kappa shape index (κ2) is 6.70. The fourth-order valence-electron chi connectivity index (χ4n) is 1.68. The van der Waals surface area contributed by atoms with Crippen molar-refractivity contribution in [2.45, 2.75) is 26.5 Å². The van der Waals surface area contributed by atoms with Crippen molar-refractivity contribution in [1.29, 1.82) is 0 Å². The Morgan fingerprint density at radius 3 is 2.85 bits per heavy atom. The van der Waals surface area contributed by atoms with Gasteiger partial charge in [-0.3, -0.25) is 9.67 Å². The molecule has 2 aromatic rings. The third-order valence-electron chi connectivity index (χ3n) is 2.69. The predicted molar refractivity (Wildman–Crippen MR) is 72.4 cm³/mol. The number of hydrogen-bond donors (Lipinski definition) is 0. The average Bonchev–Trinajstić information content (AvgIpc) is 2.93. The molecule has 0 amide bonds. The van der Waals surface area contributed by atoms with E-state index in [1.54, 1.807) is 18.3 Å². The number of nitrogens with zero attached hydrogens (tertiary/aromatic N) is 3. The summed E-state index contributed by atoms with van der Waals surface area (Å²) < 4.78 is 12.0. The lowest BCUT2D eigenvalue weighted by molar-refractivity contribution is 0.0600. The summed E-state index contributed by atoms with van der Waals surface area (Å²) in [5, 5.41) is 4.18. The van der Waals surface area contributed by atoms with Gasteiger partial charge in [0.2, 0.25) is 0 Å². The lowest BCUT2D eigenvalue weighted by Crippen LogP contribution is -2.04. The van der Waals surface area contributed by atoms with Gasteiger partial charge in [-0.25, -0.2) is 4.79 Å². The first-order chi connectivity index (χ1) is 9.72. The predicted octanol–water partition coefficient (Wildman–Crippen LogP) is 2.05. The van der Waals surface area contributed by atoms with Crippen LogP contribution in [0.5, 0.6) is 5.75 Å². The molecule has 0 aliphatic carbocycles. The zero-order valence-corrected chi connectivity index (χ0v) is 11.6. The fraction of sp³-hybridized carbons (Fsp3) is 0.357. The van der Waals surface area contributed by atoms with Crippen LogP contribution in [0.25, 0.3) is 0 Å². The highest BCUT2D eigenvalue weighted by Crippen LogP contribution is 2.11. The van der Waals surface area contributed by atoms with E-state index in [2.05, 4.69) is 21.7 Å². The molecule has 6 heteroatoms. The molecule has 0 bridgehead atoms. The molecular formula is C14H17N3O3. The largest absolute Gasteiger partial charge is 0.484 e. The number of aromatic nitrogens is 3. The summed E-state index contributed by atoms with van der Waals surface area (Å²) in [4.78, 5) is 15.4. The molecule has 0 aromatic carbocycles. The lowest BCUT2D eigenvalue weighted by Gasteiger charge is -2.04. The van der Waals surface area contributed by atoms with Crippen LogP contribution in [-0.2, 0) is 17.9 Å². The molecule has 0 aliphatic rings. The van der Waals surface area contributed by atoms with Crippen molar-refractivity contribution in [2.24, 2.45) is 0 Å². The van der Waals surface area contributed by atoms with Crippen molar-refractivity contribution in [3.8, 4) is 5.75 Å². The van der Waals surface area contributed by atoms with Gasteiger partial charge >= 0.3 is 5.97 Å². The number of esters is 1. The van der Waals surface area contributed by atoms with Crippen LogP contribution < -0.4 is 4.74 Å². The minimum absolute atomic E-state index is 0.333. The van der Waals surface area contributed by atoms with Crippen LogP contribution in [0.2, 0.25) is 0 Å². The van der Waals surface area contributed by atoms with Gasteiger partial charge < -0.3 is 9.47 Å². The van der Waals surface area contributed by atoms with Crippen LogP contribution >= 0.6 is 0 Å². The minimum Gasteiger partial charge on any atom is -0.484 e. The quantitative estimate of drug-likeness (QED) is 0.755. The molecule has 0 unspecified atom stereocenters. The number of rotatable bonds is 6. The summed E-state index contributed by atoms with van der Waals surface area (Å²) in [7, 11) is 1.34. The zero-order valence-electron chi connectivity index (χ0n) is 11.6. The summed E-state index contributed by atoms with van der Waals surface area (Å²) in [6.07, 6.45) is 6.04. The summed E-state index contributed by atoms with van der Waals surface area (Å²) in [5.41, 5.74) is 1.16. The third kappa shape index (κ3) is 3.57. The van der Waals surface area contributed by atoms with Gasteiger partial charge in [0, 0.05) is 12.7 Å². The van der Waals surface area contributed by atoms with Gasteiger partial charge in [-0.15, -0.1) is 0 Å². The van der Waals surface area contributed by atoms with Crippen LogP contribution in [0.1, 0.15) is 29.4 Å². The van der Waals surface area contributed by atoms with Crippen LogP contribution in [0.15, 0.2) is 30.7 Å². The zero-order chi connectivity index (χ0) is 14.4. The molecule has 0 saturated heterocycles. The van der Waals surface area contributed by atoms with Crippen molar-refractivity contribution in [3.63, 3.8) is 0 Å². The molecule has 6 nitrogen and oxygen atoms in total. The van der Waals surface area contributed by atoms with Crippen LogP contribution in [-0.4, -0.2) is 27.8 Å². The maximum Gasteiger partial charge on any atom is 0.339 e. The first-order valence-corrected chi connectivity index (χ1v) is 6.41. The first-order valence-electron chi connectivity index (χ1n) is 6.41. The van der Waals surface area contributed by atoms with E-state index in [0.29, 0.717) is 17.9 Å². The summed E-state index contributed by atoms with van der Waals surface area (Å²) >= 11 is 0. The van der Waals surface area contributed by atoms with Gasteiger partial charge in [-0.2, -0.15) is 5.10 Å². The lowest BCUT2D eigenvalue weighted by atomic mass is 10.2.